The summed E-state index contributed by atoms with van der Waals surface area (Å²) in [6.07, 6.45) is -2.04. The van der Waals surface area contributed by atoms with Crippen LogP contribution >= 0.6 is 0 Å². The lowest BCUT2D eigenvalue weighted by molar-refractivity contribution is -0.194. The van der Waals surface area contributed by atoms with Gasteiger partial charge in [0, 0.05) is 23.1 Å². The average molecular weight is 727 g/mol. The molecule has 274 valence electrons. The van der Waals surface area contributed by atoms with Crippen LogP contribution in [-0.2, 0) is 14.8 Å². The van der Waals surface area contributed by atoms with Crippen molar-refractivity contribution in [3.8, 4) is 17.1 Å². The molecular formula is C38H45F3N4O5S. The van der Waals surface area contributed by atoms with Gasteiger partial charge in [-0.1, -0.05) is 30.3 Å². The van der Waals surface area contributed by atoms with Crippen LogP contribution in [0.25, 0.3) is 11.3 Å². The summed E-state index contributed by atoms with van der Waals surface area (Å²) in [4.78, 5) is 21.3. The van der Waals surface area contributed by atoms with E-state index in [0.29, 0.717) is 16.8 Å². The predicted octanol–water partition coefficient (Wildman–Crippen LogP) is 8.39. The molecule has 51 heavy (non-hydrogen) atoms. The number of alkyl carbamates (subject to hydrolysis) is 1. The largest absolute Gasteiger partial charge is 0.477 e. The first-order valence-electron chi connectivity index (χ1n) is 17.7. The molecule has 1 aliphatic heterocycles. The third-order valence-corrected chi connectivity index (χ3v) is 12.9. The van der Waals surface area contributed by atoms with Crippen molar-refractivity contribution in [2.45, 2.75) is 109 Å². The van der Waals surface area contributed by atoms with E-state index in [9.17, 15) is 26.4 Å². The Kier molecular flexibility index (Phi) is 8.82. The number of aryl methyl sites for hydroxylation is 2. The Morgan fingerprint density at radius 2 is 1.71 bits per heavy atom. The summed E-state index contributed by atoms with van der Waals surface area (Å²) in [5.74, 6) is -1.03. The first-order valence-corrected chi connectivity index (χ1v) is 19.2. The third-order valence-electron chi connectivity index (χ3n) is 11.6. The smallest absolute Gasteiger partial charge is 0.407 e. The minimum atomic E-state index is -4.37. The highest BCUT2D eigenvalue weighted by atomic mass is 32.2. The number of carbonyl (C=O) groups is 1. The van der Waals surface area contributed by atoms with Gasteiger partial charge in [-0.2, -0.15) is 18.2 Å². The summed E-state index contributed by atoms with van der Waals surface area (Å²) >= 11 is 0. The van der Waals surface area contributed by atoms with E-state index in [0.717, 1.165) is 42.4 Å². The Balaban J connectivity index is 1.26. The zero-order chi connectivity index (χ0) is 36.5. The molecule has 2 heterocycles. The van der Waals surface area contributed by atoms with Gasteiger partial charge in [-0.25, -0.2) is 22.9 Å². The number of hydrogen-bond acceptors (Lipinski definition) is 7. The minimum absolute atomic E-state index is 0.00714. The van der Waals surface area contributed by atoms with Crippen LogP contribution in [0.1, 0.15) is 87.0 Å². The van der Waals surface area contributed by atoms with Gasteiger partial charge in [0.1, 0.15) is 0 Å². The molecule has 1 spiro atoms. The molecule has 1 amide bonds. The molecule has 0 radical (unpaired) electrons. The van der Waals surface area contributed by atoms with Crippen molar-refractivity contribution >= 4 is 22.1 Å². The lowest BCUT2D eigenvalue weighted by Gasteiger charge is -2.60. The van der Waals surface area contributed by atoms with Crippen LogP contribution in [0, 0.1) is 43.4 Å². The summed E-state index contributed by atoms with van der Waals surface area (Å²) in [5, 5.41) is 2.93. The lowest BCUT2D eigenvalue weighted by Crippen LogP contribution is -2.57. The second-order valence-electron chi connectivity index (χ2n) is 15.7. The highest BCUT2D eigenvalue weighted by Gasteiger charge is 2.64. The van der Waals surface area contributed by atoms with E-state index in [2.05, 4.69) is 20.0 Å². The van der Waals surface area contributed by atoms with E-state index < -0.39 is 39.5 Å². The zero-order valence-corrected chi connectivity index (χ0v) is 30.4. The number of carbonyl (C=O) groups excluding carboxylic acids is 1. The molecule has 9 nitrogen and oxygen atoms in total. The molecule has 3 aliphatic carbocycles. The molecule has 7 rings (SSSR count). The number of hydrogen-bond donors (Lipinski definition) is 2. The van der Waals surface area contributed by atoms with E-state index in [1.165, 1.54) is 6.07 Å². The molecule has 1 aromatic heterocycles. The average Bonchev–Trinajstić information content (AvgIpc) is 3.79. The highest BCUT2D eigenvalue weighted by Crippen LogP contribution is 2.66. The lowest BCUT2D eigenvalue weighted by atomic mass is 9.46. The van der Waals surface area contributed by atoms with Crippen molar-refractivity contribution < 1.29 is 35.9 Å². The monoisotopic (exact) mass is 726 g/mol. The molecular weight excluding hydrogens is 682 g/mol. The molecule has 13 heteroatoms. The molecule has 4 aliphatic rings. The first-order chi connectivity index (χ1) is 24.0. The Hall–Kier alpha value is -3.87. The van der Waals surface area contributed by atoms with Crippen LogP contribution in [-0.4, -0.2) is 49.4 Å². The van der Waals surface area contributed by atoms with Crippen molar-refractivity contribution in [2.24, 2.45) is 22.7 Å². The van der Waals surface area contributed by atoms with Gasteiger partial charge in [0.05, 0.1) is 28.7 Å². The fraction of sp³-hybridized carbons (Fsp3) is 0.553. The van der Waals surface area contributed by atoms with Gasteiger partial charge in [-0.3, -0.25) is 0 Å². The van der Waals surface area contributed by atoms with Crippen molar-refractivity contribution in [1.29, 1.82) is 0 Å². The number of sulfonamides is 1. The molecule has 3 saturated carbocycles. The molecule has 3 aromatic rings. The number of benzene rings is 2. The number of ether oxygens (including phenoxy) is 2. The van der Waals surface area contributed by atoms with Crippen LogP contribution < -0.4 is 14.8 Å². The summed E-state index contributed by atoms with van der Waals surface area (Å²) in [5.41, 5.74) is 2.57. The van der Waals surface area contributed by atoms with E-state index in [-0.39, 0.29) is 66.1 Å². The van der Waals surface area contributed by atoms with Crippen molar-refractivity contribution in [3.05, 3.63) is 64.7 Å². The standard InChI is InChI=1S/C38H45F3N4O5S/c1-21(2)50-35(46)42-28-18-36(19-28)15-26(16-36)31-25-10-7-11-29(14-25)51(47,48)45-34-43-32(30-22(3)8-6-9-23(30)4)24(5)33(44-34)49-20-27(31)17-37(12-13-37)38(39,40)41/h6-11,14,21,26-28,31H,12-13,15-20H2,1-5H3,(H,42,46)(H,43,44,45)/t26-,27-,28-,31?,36?/m1/s1. The number of anilines is 1. The summed E-state index contributed by atoms with van der Waals surface area (Å²) < 4.78 is 85.9. The minimum Gasteiger partial charge on any atom is -0.477 e. The van der Waals surface area contributed by atoms with Gasteiger partial charge in [-0.15, -0.1) is 0 Å². The first kappa shape index (κ1) is 35.5. The third kappa shape index (κ3) is 6.78. The number of amides is 1. The molecule has 0 saturated heterocycles. The Bertz CT molecular complexity index is 1930. The van der Waals surface area contributed by atoms with E-state index in [1.807, 2.05) is 38.1 Å². The number of rotatable bonds is 6. The van der Waals surface area contributed by atoms with E-state index >= 15 is 0 Å². The van der Waals surface area contributed by atoms with Crippen molar-refractivity contribution in [3.63, 3.8) is 0 Å². The normalized spacial score (nSPS) is 27.5. The molecule has 1 unspecified atom stereocenters. The van der Waals surface area contributed by atoms with Gasteiger partial charge in [0.15, 0.2) is 0 Å². The van der Waals surface area contributed by atoms with Gasteiger partial charge >= 0.3 is 12.3 Å². The Morgan fingerprint density at radius 3 is 2.33 bits per heavy atom. The molecule has 2 N–H and O–H groups in total. The second-order valence-corrected chi connectivity index (χ2v) is 17.4. The van der Waals surface area contributed by atoms with Gasteiger partial charge in [0.2, 0.25) is 11.8 Å². The maximum absolute atomic E-state index is 14.6. The van der Waals surface area contributed by atoms with E-state index in [1.54, 1.807) is 32.9 Å². The van der Waals surface area contributed by atoms with Gasteiger partial charge in [0.25, 0.3) is 10.0 Å². The maximum Gasteiger partial charge on any atom is 0.407 e. The number of alkyl halides is 3. The van der Waals surface area contributed by atoms with E-state index in [4.69, 9.17) is 9.47 Å². The van der Waals surface area contributed by atoms with Crippen LogP contribution in [0.2, 0.25) is 0 Å². The SMILES string of the molecule is Cc1cccc(C)c1-c1nc2nc(c1C)OC[C@@H](CC1(C(F)(F)F)CC1)C([C@H]1CC3(C[C@H](NC(=O)OC(C)C)C3)C1)c1cccc(c1)S(=O)(=O)N2. The summed E-state index contributed by atoms with van der Waals surface area (Å²) in [6, 6.07) is 12.3. The van der Waals surface area contributed by atoms with Gasteiger partial charge in [-0.05, 0) is 126 Å². The molecule has 4 bridgehead atoms. The topological polar surface area (TPSA) is 120 Å². The second kappa shape index (κ2) is 12.7. The van der Waals surface area contributed by atoms with Crippen LogP contribution in [0.3, 0.4) is 0 Å². The number of aromatic nitrogens is 2. The van der Waals surface area contributed by atoms with Crippen molar-refractivity contribution in [2.75, 3.05) is 11.3 Å². The molecule has 2 atom stereocenters. The quantitative estimate of drug-likeness (QED) is 0.262. The number of halogens is 3. The highest BCUT2D eigenvalue weighted by molar-refractivity contribution is 7.92. The van der Waals surface area contributed by atoms with Crippen LogP contribution in [0.4, 0.5) is 23.9 Å². The predicted molar refractivity (Wildman–Crippen MR) is 186 cm³/mol. The Labute approximate surface area is 297 Å². The van der Waals surface area contributed by atoms with Crippen LogP contribution in [0.5, 0.6) is 5.88 Å². The number of fused-ring (bicyclic) bond motifs is 4. The molecule has 3 fully saturated rings. The molecule has 2 aromatic carbocycles. The number of nitrogens with one attached hydrogen (secondary N) is 2. The number of nitrogens with zero attached hydrogens (tertiary/aromatic N) is 2. The Morgan fingerprint density at radius 1 is 1.04 bits per heavy atom. The maximum atomic E-state index is 14.6. The fourth-order valence-corrected chi connectivity index (χ4v) is 9.98. The van der Waals surface area contributed by atoms with Gasteiger partial charge < -0.3 is 14.8 Å². The zero-order valence-electron chi connectivity index (χ0n) is 29.6. The summed E-state index contributed by atoms with van der Waals surface area (Å²) in [7, 11) is -4.19. The fourth-order valence-electron chi connectivity index (χ4n) is 8.98. The summed E-state index contributed by atoms with van der Waals surface area (Å²) in [6.45, 7) is 9.22. The van der Waals surface area contributed by atoms with Crippen molar-refractivity contribution in [1.82, 2.24) is 15.3 Å². The van der Waals surface area contributed by atoms with Crippen LogP contribution in [0.15, 0.2) is 47.4 Å².